The van der Waals surface area contributed by atoms with E-state index in [9.17, 15) is 8.42 Å². The van der Waals surface area contributed by atoms with Crippen molar-refractivity contribution in [1.29, 1.82) is 0 Å². The number of nitrogens with two attached hydrogens (primary N) is 1. The van der Waals surface area contributed by atoms with Crippen LogP contribution >= 0.6 is 0 Å². The molecule has 2 heterocycles. The van der Waals surface area contributed by atoms with E-state index in [1.54, 1.807) is 19.2 Å². The zero-order chi connectivity index (χ0) is 19.2. The van der Waals surface area contributed by atoms with Crippen molar-refractivity contribution in [2.24, 2.45) is 5.14 Å². The molecule has 0 fully saturated rings. The van der Waals surface area contributed by atoms with Crippen LogP contribution in [0, 0.1) is 0 Å². The summed E-state index contributed by atoms with van der Waals surface area (Å²) in [4.78, 5) is 0.130. The van der Waals surface area contributed by atoms with Crippen LogP contribution in [0.25, 0.3) is 10.9 Å². The van der Waals surface area contributed by atoms with E-state index in [0.717, 1.165) is 29.8 Å². The maximum Gasteiger partial charge on any atom is 0.238 e. The molecule has 27 heavy (non-hydrogen) atoms. The van der Waals surface area contributed by atoms with Crippen LogP contribution < -0.4 is 15.2 Å². The molecule has 142 valence electrons. The second-order valence-corrected chi connectivity index (χ2v) is 8.63. The van der Waals surface area contributed by atoms with Crippen molar-refractivity contribution >= 4 is 20.9 Å². The number of hydrogen-bond acceptors (Lipinski definition) is 4. The zero-order valence-electron chi connectivity index (χ0n) is 15.4. The Kier molecular flexibility index (Phi) is 4.46. The molecule has 0 saturated carbocycles. The van der Waals surface area contributed by atoms with Crippen LogP contribution in [-0.2, 0) is 29.5 Å². The highest BCUT2D eigenvalue weighted by Crippen LogP contribution is 2.33. The largest absolute Gasteiger partial charge is 0.497 e. The summed E-state index contributed by atoms with van der Waals surface area (Å²) in [5.74, 6) is 0.853. The number of sulfonamides is 1. The highest BCUT2D eigenvalue weighted by molar-refractivity contribution is 7.89. The van der Waals surface area contributed by atoms with E-state index in [0.29, 0.717) is 12.6 Å². The molecule has 4 rings (SSSR count). The van der Waals surface area contributed by atoms with Gasteiger partial charge in [0.2, 0.25) is 10.0 Å². The molecule has 1 atom stereocenters. The maximum absolute atomic E-state index is 11.5. The average Bonchev–Trinajstić information content (AvgIpc) is 2.94. The Morgan fingerprint density at radius 1 is 1.22 bits per heavy atom. The van der Waals surface area contributed by atoms with Gasteiger partial charge in [0.05, 0.1) is 12.0 Å². The molecule has 0 bridgehead atoms. The summed E-state index contributed by atoms with van der Waals surface area (Å²) in [6.45, 7) is 3.67. The summed E-state index contributed by atoms with van der Waals surface area (Å²) in [5.41, 5.74) is 4.81. The van der Waals surface area contributed by atoms with Gasteiger partial charge in [0.25, 0.3) is 0 Å². The van der Waals surface area contributed by atoms with Gasteiger partial charge in [-0.2, -0.15) is 0 Å². The molecule has 3 aromatic rings. The first-order valence-corrected chi connectivity index (χ1v) is 10.4. The molecule has 0 spiro atoms. The number of rotatable bonds is 4. The number of aromatic nitrogens is 1. The fourth-order valence-electron chi connectivity index (χ4n) is 3.81. The van der Waals surface area contributed by atoms with Crippen LogP contribution in [0.2, 0.25) is 0 Å². The fraction of sp³-hybridized carbons (Fsp3) is 0.300. The van der Waals surface area contributed by atoms with Crippen LogP contribution in [0.5, 0.6) is 5.75 Å². The first-order valence-electron chi connectivity index (χ1n) is 8.90. The molecule has 3 N–H and O–H groups in total. The third kappa shape index (κ3) is 3.34. The molecule has 1 aliphatic heterocycles. The van der Waals surface area contributed by atoms with Gasteiger partial charge < -0.3 is 14.6 Å². The predicted molar refractivity (Wildman–Crippen MR) is 105 cm³/mol. The Hall–Kier alpha value is -2.35. The number of fused-ring (bicyclic) bond motifs is 3. The number of nitrogens with zero attached hydrogens (tertiary/aromatic N) is 1. The summed E-state index contributed by atoms with van der Waals surface area (Å²) in [7, 11) is -1.99. The maximum atomic E-state index is 11.5. The molecule has 0 saturated heterocycles. The lowest BCUT2D eigenvalue weighted by Crippen LogP contribution is -2.33. The lowest BCUT2D eigenvalue weighted by molar-refractivity contribution is 0.415. The van der Waals surface area contributed by atoms with E-state index in [-0.39, 0.29) is 4.90 Å². The van der Waals surface area contributed by atoms with Gasteiger partial charge in [-0.15, -0.1) is 0 Å². The first kappa shape index (κ1) is 18.0. The van der Waals surface area contributed by atoms with E-state index in [1.807, 2.05) is 18.2 Å². The van der Waals surface area contributed by atoms with E-state index in [4.69, 9.17) is 9.88 Å². The van der Waals surface area contributed by atoms with Crippen molar-refractivity contribution in [3.05, 3.63) is 59.3 Å². The van der Waals surface area contributed by atoms with Crippen molar-refractivity contribution in [3.63, 3.8) is 0 Å². The topological polar surface area (TPSA) is 86.3 Å². The van der Waals surface area contributed by atoms with Crippen molar-refractivity contribution in [3.8, 4) is 5.75 Å². The Labute approximate surface area is 159 Å². The van der Waals surface area contributed by atoms with E-state index in [1.165, 1.54) is 16.6 Å². The molecule has 0 radical (unpaired) electrons. The van der Waals surface area contributed by atoms with Crippen molar-refractivity contribution in [2.45, 2.75) is 37.4 Å². The van der Waals surface area contributed by atoms with Gasteiger partial charge in [0, 0.05) is 35.7 Å². The van der Waals surface area contributed by atoms with Crippen LogP contribution in [0.4, 0.5) is 0 Å². The van der Waals surface area contributed by atoms with Crippen LogP contribution in [-0.4, -0.2) is 26.1 Å². The first-order chi connectivity index (χ1) is 12.9. The third-order valence-electron chi connectivity index (χ3n) is 5.21. The highest BCUT2D eigenvalue weighted by Gasteiger charge is 2.23. The van der Waals surface area contributed by atoms with Gasteiger partial charge in [-0.3, -0.25) is 0 Å². The second kappa shape index (κ2) is 6.67. The second-order valence-electron chi connectivity index (χ2n) is 7.07. The fourth-order valence-corrected chi connectivity index (χ4v) is 4.33. The quantitative estimate of drug-likeness (QED) is 0.722. The summed E-state index contributed by atoms with van der Waals surface area (Å²) in [6, 6.07) is 13.4. The van der Waals surface area contributed by atoms with Crippen LogP contribution in [0.1, 0.15) is 23.7 Å². The monoisotopic (exact) mass is 385 g/mol. The standard InChI is InChI=1S/C20H23N3O3S/c1-13-9-17-18-10-15(26-2)5-8-19(18)23(20(17)11-22-13)12-14-3-6-16(7-4-14)27(21,24)25/h3-8,10,13,22H,9,11-12H2,1-2H3,(H2,21,24,25). The van der Waals surface area contributed by atoms with Gasteiger partial charge in [-0.25, -0.2) is 13.6 Å². The van der Waals surface area contributed by atoms with Gasteiger partial charge in [0.15, 0.2) is 0 Å². The number of ether oxygens (including phenoxy) is 1. The summed E-state index contributed by atoms with van der Waals surface area (Å²) in [5, 5.41) is 9.95. The van der Waals surface area contributed by atoms with Gasteiger partial charge in [-0.05, 0) is 54.8 Å². The number of nitrogens with one attached hydrogen (secondary N) is 1. The molecule has 0 aliphatic carbocycles. The molecular weight excluding hydrogens is 362 g/mol. The highest BCUT2D eigenvalue weighted by atomic mass is 32.2. The third-order valence-corrected chi connectivity index (χ3v) is 6.14. The SMILES string of the molecule is COc1ccc2c(c1)c1c(n2Cc2ccc(S(N)(=O)=O)cc2)CNC(C)C1. The van der Waals surface area contributed by atoms with Crippen LogP contribution in [0.3, 0.4) is 0 Å². The summed E-state index contributed by atoms with van der Waals surface area (Å²) >= 11 is 0. The smallest absolute Gasteiger partial charge is 0.238 e. The Bertz CT molecular complexity index is 1100. The number of primary sulfonamides is 1. The Balaban J connectivity index is 1.79. The summed E-state index contributed by atoms with van der Waals surface area (Å²) in [6.07, 6.45) is 0.969. The predicted octanol–water partition coefficient (Wildman–Crippen LogP) is 2.38. The minimum Gasteiger partial charge on any atom is -0.497 e. The van der Waals surface area contributed by atoms with E-state index < -0.39 is 10.0 Å². The van der Waals surface area contributed by atoms with Crippen molar-refractivity contribution < 1.29 is 13.2 Å². The zero-order valence-corrected chi connectivity index (χ0v) is 16.2. The van der Waals surface area contributed by atoms with E-state index in [2.05, 4.69) is 28.9 Å². The van der Waals surface area contributed by atoms with Gasteiger partial charge in [-0.1, -0.05) is 12.1 Å². The molecule has 1 aromatic heterocycles. The molecular formula is C20H23N3O3S. The van der Waals surface area contributed by atoms with E-state index >= 15 is 0 Å². The van der Waals surface area contributed by atoms with Crippen LogP contribution in [0.15, 0.2) is 47.4 Å². The van der Waals surface area contributed by atoms with Gasteiger partial charge in [0.1, 0.15) is 5.75 Å². The normalized spacial score (nSPS) is 17.1. The lowest BCUT2D eigenvalue weighted by Gasteiger charge is -2.22. The number of hydrogen-bond donors (Lipinski definition) is 2. The summed E-state index contributed by atoms with van der Waals surface area (Å²) < 4.78 is 30.7. The molecule has 7 heteroatoms. The lowest BCUT2D eigenvalue weighted by atomic mass is 9.99. The number of benzene rings is 2. The van der Waals surface area contributed by atoms with Crippen molar-refractivity contribution in [2.75, 3.05) is 7.11 Å². The Morgan fingerprint density at radius 3 is 2.63 bits per heavy atom. The minimum atomic E-state index is -3.68. The van der Waals surface area contributed by atoms with Gasteiger partial charge >= 0.3 is 0 Å². The van der Waals surface area contributed by atoms with Crippen molar-refractivity contribution in [1.82, 2.24) is 9.88 Å². The molecule has 1 aliphatic rings. The molecule has 1 unspecified atom stereocenters. The molecule has 2 aromatic carbocycles. The molecule has 6 nitrogen and oxygen atoms in total. The Morgan fingerprint density at radius 2 is 1.96 bits per heavy atom. The number of methoxy groups -OCH3 is 1. The average molecular weight is 385 g/mol. The molecule has 0 amide bonds. The minimum absolute atomic E-state index is 0.130.